The summed E-state index contributed by atoms with van der Waals surface area (Å²) in [5, 5.41) is 5.64. The Hall–Kier alpha value is -2.98. The third-order valence-electron chi connectivity index (χ3n) is 8.70. The van der Waals surface area contributed by atoms with Gasteiger partial charge >= 0.3 is 12.2 Å². The Labute approximate surface area is 227 Å². The number of carbonyl (C=O) groups excluding carboxylic acids is 1. The molecular weight excluding hydrogens is 511 g/mol. The number of hydrogen-bond acceptors (Lipinski definition) is 5. The number of rotatable bonds is 6. The summed E-state index contributed by atoms with van der Waals surface area (Å²) in [6, 6.07) is 10.9. The first-order valence-electron chi connectivity index (χ1n) is 13.5. The number of nitrogens with one attached hydrogen (secondary N) is 2. The highest BCUT2D eigenvalue weighted by Crippen LogP contribution is 2.51. The van der Waals surface area contributed by atoms with Crippen LogP contribution >= 0.6 is 0 Å². The van der Waals surface area contributed by atoms with Crippen LogP contribution in [0.3, 0.4) is 0 Å². The number of hydrogen-bond donors (Lipinski definition) is 2. The first-order valence-corrected chi connectivity index (χ1v) is 13.5. The maximum absolute atomic E-state index is 13.1. The maximum Gasteiger partial charge on any atom is 0.416 e. The van der Waals surface area contributed by atoms with Crippen molar-refractivity contribution in [2.75, 3.05) is 39.3 Å². The Kier molecular flexibility index (Phi) is 7.96. The quantitative estimate of drug-likeness (QED) is 0.494. The van der Waals surface area contributed by atoms with Gasteiger partial charge in [0, 0.05) is 42.4 Å². The van der Waals surface area contributed by atoms with E-state index in [0.29, 0.717) is 17.5 Å². The molecule has 2 aromatic carbocycles. The zero-order valence-corrected chi connectivity index (χ0v) is 22.4. The fourth-order valence-electron chi connectivity index (χ4n) is 6.78. The largest absolute Gasteiger partial charge is 0.493 e. The number of anilines is 1. The van der Waals surface area contributed by atoms with Crippen LogP contribution in [0.1, 0.15) is 49.7 Å². The van der Waals surface area contributed by atoms with E-state index in [1.807, 2.05) is 6.07 Å². The number of methoxy groups -OCH3 is 2. The summed E-state index contributed by atoms with van der Waals surface area (Å²) < 4.78 is 56.0. The highest BCUT2D eigenvalue weighted by Gasteiger charge is 2.53. The van der Waals surface area contributed by atoms with Gasteiger partial charge < -0.3 is 24.8 Å². The minimum Gasteiger partial charge on any atom is -0.493 e. The van der Waals surface area contributed by atoms with Crippen LogP contribution in [-0.2, 0) is 16.3 Å². The lowest BCUT2D eigenvalue weighted by molar-refractivity contribution is -0.137. The number of benzene rings is 2. The van der Waals surface area contributed by atoms with Gasteiger partial charge in [0.15, 0.2) is 11.5 Å². The van der Waals surface area contributed by atoms with Crippen molar-refractivity contribution in [1.29, 1.82) is 0 Å². The summed E-state index contributed by atoms with van der Waals surface area (Å²) in [5.41, 5.74) is 0.443. The summed E-state index contributed by atoms with van der Waals surface area (Å²) in [5.74, 6) is 1.39. The first-order chi connectivity index (χ1) is 18.7. The zero-order valence-electron chi connectivity index (χ0n) is 22.4. The van der Waals surface area contributed by atoms with E-state index in [4.69, 9.17) is 14.2 Å². The number of halogens is 3. The van der Waals surface area contributed by atoms with Gasteiger partial charge in [0.25, 0.3) is 0 Å². The van der Waals surface area contributed by atoms with Crippen LogP contribution in [0.4, 0.5) is 23.7 Å². The molecule has 7 nitrogen and oxygen atoms in total. The van der Waals surface area contributed by atoms with E-state index in [0.717, 1.165) is 70.4 Å². The molecule has 2 amide bonds. The molecule has 2 heterocycles. The average Bonchev–Trinajstić information content (AvgIpc) is 3.32. The lowest BCUT2D eigenvalue weighted by Crippen LogP contribution is -2.55. The Balaban J connectivity index is 1.35. The third-order valence-corrected chi connectivity index (χ3v) is 8.70. The van der Waals surface area contributed by atoms with Crippen LogP contribution in [0.2, 0.25) is 0 Å². The second-order valence-corrected chi connectivity index (χ2v) is 10.7. The van der Waals surface area contributed by atoms with Gasteiger partial charge in [-0.1, -0.05) is 12.1 Å². The Morgan fingerprint density at radius 2 is 1.79 bits per heavy atom. The van der Waals surface area contributed by atoms with Crippen molar-refractivity contribution in [2.45, 2.75) is 68.2 Å². The molecule has 0 unspecified atom stereocenters. The van der Waals surface area contributed by atoms with E-state index in [2.05, 4.69) is 27.7 Å². The molecule has 1 saturated carbocycles. The fourth-order valence-corrected chi connectivity index (χ4v) is 6.78. The lowest BCUT2D eigenvalue weighted by atomic mass is 9.65. The average molecular weight is 548 g/mol. The smallest absolute Gasteiger partial charge is 0.416 e. The van der Waals surface area contributed by atoms with Crippen LogP contribution in [-0.4, -0.2) is 63.0 Å². The van der Waals surface area contributed by atoms with Gasteiger partial charge in [0.05, 0.1) is 19.8 Å². The molecule has 3 fully saturated rings. The van der Waals surface area contributed by atoms with Crippen molar-refractivity contribution in [3.8, 4) is 11.5 Å². The molecule has 2 aliphatic heterocycles. The molecular formula is C29H36F3N3O4. The van der Waals surface area contributed by atoms with E-state index in [1.54, 1.807) is 14.2 Å². The van der Waals surface area contributed by atoms with E-state index in [1.165, 1.54) is 17.7 Å². The topological polar surface area (TPSA) is 72.1 Å². The number of ether oxygens (including phenoxy) is 3. The molecule has 2 N–H and O–H groups in total. The zero-order chi connectivity index (χ0) is 27.6. The van der Waals surface area contributed by atoms with E-state index >= 15 is 0 Å². The van der Waals surface area contributed by atoms with Crippen molar-refractivity contribution < 1.29 is 32.2 Å². The number of urea groups is 1. The van der Waals surface area contributed by atoms with Crippen molar-refractivity contribution in [3.63, 3.8) is 0 Å². The highest BCUT2D eigenvalue weighted by molar-refractivity contribution is 5.89. The number of carbonyl (C=O) groups is 1. The van der Waals surface area contributed by atoms with Gasteiger partial charge in [-0.2, -0.15) is 13.2 Å². The monoisotopic (exact) mass is 547 g/mol. The molecule has 0 radical (unpaired) electrons. The van der Waals surface area contributed by atoms with Gasteiger partial charge in [-0.25, -0.2) is 4.79 Å². The lowest BCUT2D eigenvalue weighted by Gasteiger charge is -2.47. The molecule has 3 atom stereocenters. The molecule has 39 heavy (non-hydrogen) atoms. The van der Waals surface area contributed by atoms with Gasteiger partial charge in [0.2, 0.25) is 0 Å². The second kappa shape index (κ2) is 11.3. The van der Waals surface area contributed by atoms with Crippen LogP contribution < -0.4 is 20.1 Å². The molecule has 2 aromatic rings. The predicted molar refractivity (Wildman–Crippen MR) is 141 cm³/mol. The molecule has 3 aliphatic rings. The minimum absolute atomic E-state index is 0.0897. The summed E-state index contributed by atoms with van der Waals surface area (Å²) in [4.78, 5) is 15.5. The van der Waals surface area contributed by atoms with Gasteiger partial charge in [-0.05, 0) is 81.0 Å². The van der Waals surface area contributed by atoms with E-state index in [-0.39, 0.29) is 23.2 Å². The minimum atomic E-state index is -4.47. The van der Waals surface area contributed by atoms with Crippen LogP contribution in [0.5, 0.6) is 11.5 Å². The van der Waals surface area contributed by atoms with Crippen LogP contribution in [0, 0.1) is 0 Å². The second-order valence-electron chi connectivity index (χ2n) is 10.7. The summed E-state index contributed by atoms with van der Waals surface area (Å²) >= 11 is 0. The van der Waals surface area contributed by atoms with Crippen molar-refractivity contribution in [2.24, 2.45) is 0 Å². The van der Waals surface area contributed by atoms with E-state index < -0.39 is 17.8 Å². The van der Waals surface area contributed by atoms with Gasteiger partial charge in [0.1, 0.15) is 0 Å². The van der Waals surface area contributed by atoms with Gasteiger partial charge in [-0.15, -0.1) is 0 Å². The SMILES string of the molecule is COc1ccc([C@@]23CC[C@H](NC(=O)Nc4cccc(C(F)(F)F)c4)C[C@H]2N(C2CCOCC2)CC3)cc1OC. The summed E-state index contributed by atoms with van der Waals surface area (Å²) in [7, 11) is 3.27. The fraction of sp³-hybridized carbons (Fsp3) is 0.552. The van der Waals surface area contributed by atoms with E-state index in [9.17, 15) is 18.0 Å². The molecule has 0 bridgehead atoms. The third kappa shape index (κ3) is 5.68. The molecule has 0 aromatic heterocycles. The van der Waals surface area contributed by atoms with Crippen LogP contribution in [0.25, 0.3) is 0 Å². The van der Waals surface area contributed by atoms with Crippen LogP contribution in [0.15, 0.2) is 42.5 Å². The summed E-state index contributed by atoms with van der Waals surface area (Å²) in [6.45, 7) is 2.46. The predicted octanol–water partition coefficient (Wildman–Crippen LogP) is 5.59. The molecule has 1 aliphatic carbocycles. The number of likely N-dealkylation sites (tertiary alicyclic amines) is 1. The maximum atomic E-state index is 13.1. The Morgan fingerprint density at radius 1 is 1.03 bits per heavy atom. The molecule has 5 rings (SSSR count). The Bertz CT molecular complexity index is 1170. The number of nitrogens with zero attached hydrogens (tertiary/aromatic N) is 1. The number of amides is 2. The van der Waals surface area contributed by atoms with Crippen molar-refractivity contribution in [3.05, 3.63) is 53.6 Å². The number of fused-ring (bicyclic) bond motifs is 1. The molecule has 212 valence electrons. The highest BCUT2D eigenvalue weighted by atomic mass is 19.4. The normalized spacial score (nSPS) is 26.1. The van der Waals surface area contributed by atoms with Crippen molar-refractivity contribution >= 4 is 11.7 Å². The standard InChI is InChI=1S/C29H36F3N3O4/c1-37-24-7-6-19(17-25(24)38-2)28-11-8-22(18-26(28)35(13-12-28)23-9-14-39-15-10-23)34-27(36)33-21-5-3-4-20(16-21)29(30,31)32/h3-7,16-17,22-23,26H,8-15,18H2,1-2H3,(H2,33,34,36)/t22-,26+,28-/m0/s1. The number of alkyl halides is 3. The molecule has 2 saturated heterocycles. The van der Waals surface area contributed by atoms with Gasteiger partial charge in [-0.3, -0.25) is 4.90 Å². The molecule has 10 heteroatoms. The first kappa shape index (κ1) is 27.6. The Morgan fingerprint density at radius 3 is 2.51 bits per heavy atom. The summed E-state index contributed by atoms with van der Waals surface area (Å²) in [6.07, 6.45) is 0.888. The molecule has 0 spiro atoms. The van der Waals surface area contributed by atoms with Crippen molar-refractivity contribution in [1.82, 2.24) is 10.2 Å².